The Morgan fingerprint density at radius 2 is 1.79 bits per heavy atom. The zero-order valence-electron chi connectivity index (χ0n) is 15.4. The minimum absolute atomic E-state index is 0.0550. The highest BCUT2D eigenvalue weighted by Gasteiger charge is 2.10. The number of hydrogen-bond acceptors (Lipinski definition) is 3. The minimum atomic E-state index is -0.0550. The van der Waals surface area contributed by atoms with E-state index in [2.05, 4.69) is 41.9 Å². The standard InChI is InChI=1S/C20H31N3O/c1-5-18(16(3)4)23-19(6-2)20(24)22-14-10-13-21-15-17-11-8-7-9-12-17/h5-9,11-12,16,21,23H,10,13-15H2,1-4H3,(H,22,24)/b18-5?,19-6-. The van der Waals surface area contributed by atoms with Gasteiger partial charge in [0, 0.05) is 18.8 Å². The van der Waals surface area contributed by atoms with Gasteiger partial charge in [0.2, 0.25) is 0 Å². The highest BCUT2D eigenvalue weighted by molar-refractivity contribution is 5.93. The fraction of sp³-hybridized carbons (Fsp3) is 0.450. The van der Waals surface area contributed by atoms with E-state index in [9.17, 15) is 4.79 Å². The van der Waals surface area contributed by atoms with Crippen LogP contribution in [0.5, 0.6) is 0 Å². The Morgan fingerprint density at radius 1 is 1.08 bits per heavy atom. The quantitative estimate of drug-likeness (QED) is 0.456. The fourth-order valence-electron chi connectivity index (χ4n) is 2.30. The van der Waals surface area contributed by atoms with Crippen LogP contribution in [0.3, 0.4) is 0 Å². The van der Waals surface area contributed by atoms with Gasteiger partial charge in [0.15, 0.2) is 0 Å². The van der Waals surface area contributed by atoms with Crippen LogP contribution in [0, 0.1) is 5.92 Å². The summed E-state index contributed by atoms with van der Waals surface area (Å²) in [6.07, 6.45) is 4.72. The fourth-order valence-corrected chi connectivity index (χ4v) is 2.30. The first-order valence-electron chi connectivity index (χ1n) is 8.70. The molecule has 0 aliphatic rings. The van der Waals surface area contributed by atoms with Gasteiger partial charge in [-0.05, 0) is 38.3 Å². The topological polar surface area (TPSA) is 53.2 Å². The summed E-state index contributed by atoms with van der Waals surface area (Å²) < 4.78 is 0. The van der Waals surface area contributed by atoms with Crippen LogP contribution in [0.4, 0.5) is 0 Å². The normalized spacial score (nSPS) is 12.4. The van der Waals surface area contributed by atoms with Crippen molar-refractivity contribution < 1.29 is 4.79 Å². The van der Waals surface area contributed by atoms with Crippen LogP contribution in [0.25, 0.3) is 0 Å². The molecule has 132 valence electrons. The average Bonchev–Trinajstić information content (AvgIpc) is 2.59. The first-order valence-corrected chi connectivity index (χ1v) is 8.70. The zero-order valence-corrected chi connectivity index (χ0v) is 15.4. The molecule has 0 bridgehead atoms. The van der Waals surface area contributed by atoms with Crippen LogP contribution >= 0.6 is 0 Å². The lowest BCUT2D eigenvalue weighted by Gasteiger charge is -2.16. The molecule has 0 aliphatic carbocycles. The molecule has 0 aromatic heterocycles. The van der Waals surface area contributed by atoms with E-state index in [1.165, 1.54) is 5.56 Å². The van der Waals surface area contributed by atoms with Gasteiger partial charge in [0.25, 0.3) is 5.91 Å². The van der Waals surface area contributed by atoms with Gasteiger partial charge in [-0.15, -0.1) is 0 Å². The number of carbonyl (C=O) groups is 1. The molecule has 1 amide bonds. The van der Waals surface area contributed by atoms with Crippen LogP contribution in [-0.4, -0.2) is 19.0 Å². The monoisotopic (exact) mass is 329 g/mol. The smallest absolute Gasteiger partial charge is 0.267 e. The molecule has 0 aliphatic heterocycles. The van der Waals surface area contributed by atoms with Crippen LogP contribution in [0.15, 0.2) is 53.9 Å². The molecule has 0 radical (unpaired) electrons. The van der Waals surface area contributed by atoms with Crippen LogP contribution < -0.4 is 16.0 Å². The van der Waals surface area contributed by atoms with Crippen molar-refractivity contribution in [3.05, 3.63) is 59.4 Å². The number of rotatable bonds is 10. The van der Waals surface area contributed by atoms with Crippen LogP contribution in [0.2, 0.25) is 0 Å². The molecular weight excluding hydrogens is 298 g/mol. The summed E-state index contributed by atoms with van der Waals surface area (Å²) in [5.41, 5.74) is 2.94. The van der Waals surface area contributed by atoms with Crippen molar-refractivity contribution in [2.24, 2.45) is 5.92 Å². The molecular formula is C20H31N3O. The number of nitrogens with one attached hydrogen (secondary N) is 3. The molecule has 4 heteroatoms. The molecule has 1 rings (SSSR count). The van der Waals surface area contributed by atoms with E-state index in [0.29, 0.717) is 18.2 Å². The predicted octanol–water partition coefficient (Wildman–Crippen LogP) is 3.34. The second kappa shape index (κ2) is 11.5. The second-order valence-corrected chi connectivity index (χ2v) is 6.00. The predicted molar refractivity (Wildman–Crippen MR) is 101 cm³/mol. The summed E-state index contributed by atoms with van der Waals surface area (Å²) in [6, 6.07) is 10.3. The molecule has 0 atom stereocenters. The summed E-state index contributed by atoms with van der Waals surface area (Å²) in [5, 5.41) is 9.57. The van der Waals surface area contributed by atoms with Crippen molar-refractivity contribution in [2.75, 3.05) is 13.1 Å². The highest BCUT2D eigenvalue weighted by atomic mass is 16.2. The maximum absolute atomic E-state index is 12.2. The van der Waals surface area contributed by atoms with Crippen molar-refractivity contribution in [3.8, 4) is 0 Å². The van der Waals surface area contributed by atoms with E-state index in [-0.39, 0.29) is 5.91 Å². The van der Waals surface area contributed by atoms with Gasteiger partial charge < -0.3 is 16.0 Å². The first-order chi connectivity index (χ1) is 11.6. The molecule has 4 nitrogen and oxygen atoms in total. The van der Waals surface area contributed by atoms with Crippen molar-refractivity contribution >= 4 is 5.91 Å². The Kier molecular flexibility index (Phi) is 9.54. The molecule has 0 spiro atoms. The molecule has 0 saturated carbocycles. The van der Waals surface area contributed by atoms with E-state index in [1.54, 1.807) is 0 Å². The van der Waals surface area contributed by atoms with Gasteiger partial charge in [0.1, 0.15) is 0 Å². The Bertz CT molecular complexity index is 547. The summed E-state index contributed by atoms with van der Waals surface area (Å²) in [4.78, 5) is 12.2. The third-order valence-electron chi connectivity index (χ3n) is 3.73. The van der Waals surface area contributed by atoms with Gasteiger partial charge in [-0.2, -0.15) is 0 Å². The summed E-state index contributed by atoms with van der Waals surface area (Å²) in [6.45, 7) is 10.4. The number of hydrogen-bond donors (Lipinski definition) is 3. The number of amides is 1. The molecule has 24 heavy (non-hydrogen) atoms. The van der Waals surface area contributed by atoms with E-state index < -0.39 is 0 Å². The molecule has 3 N–H and O–H groups in total. The lowest BCUT2D eigenvalue weighted by atomic mass is 10.1. The van der Waals surface area contributed by atoms with Gasteiger partial charge >= 0.3 is 0 Å². The zero-order chi connectivity index (χ0) is 17.8. The van der Waals surface area contributed by atoms with Gasteiger partial charge in [-0.25, -0.2) is 0 Å². The SMILES string of the molecule is CC=C(N/C(=C\C)C(=O)NCCCNCc1ccccc1)C(C)C. The molecule has 0 heterocycles. The Balaban J connectivity index is 2.24. The Morgan fingerprint density at radius 3 is 2.38 bits per heavy atom. The number of benzene rings is 1. The molecule has 1 aromatic carbocycles. The van der Waals surface area contributed by atoms with E-state index in [1.807, 2.05) is 44.2 Å². The summed E-state index contributed by atoms with van der Waals surface area (Å²) in [7, 11) is 0. The Hall–Kier alpha value is -2.07. The van der Waals surface area contributed by atoms with Gasteiger partial charge in [0.05, 0.1) is 5.70 Å². The van der Waals surface area contributed by atoms with Crippen LogP contribution in [-0.2, 0) is 11.3 Å². The highest BCUT2D eigenvalue weighted by Crippen LogP contribution is 2.08. The van der Waals surface area contributed by atoms with Crippen molar-refractivity contribution in [3.63, 3.8) is 0 Å². The summed E-state index contributed by atoms with van der Waals surface area (Å²) >= 11 is 0. The van der Waals surface area contributed by atoms with Gasteiger partial charge in [-0.3, -0.25) is 4.79 Å². The third kappa shape index (κ3) is 7.47. The minimum Gasteiger partial charge on any atom is -0.355 e. The lowest BCUT2D eigenvalue weighted by Crippen LogP contribution is -2.34. The van der Waals surface area contributed by atoms with Crippen molar-refractivity contribution in [2.45, 2.75) is 40.7 Å². The Labute approximate surface area is 146 Å². The second-order valence-electron chi connectivity index (χ2n) is 6.00. The van der Waals surface area contributed by atoms with Crippen LogP contribution in [0.1, 0.15) is 39.7 Å². The first kappa shape index (κ1) is 20.0. The van der Waals surface area contributed by atoms with E-state index in [4.69, 9.17) is 0 Å². The van der Waals surface area contributed by atoms with E-state index >= 15 is 0 Å². The molecule has 1 aromatic rings. The van der Waals surface area contributed by atoms with E-state index in [0.717, 1.165) is 25.2 Å². The molecule has 0 unspecified atom stereocenters. The maximum atomic E-state index is 12.2. The molecule has 0 saturated heterocycles. The summed E-state index contributed by atoms with van der Waals surface area (Å²) in [5.74, 6) is 0.306. The number of carbonyl (C=O) groups excluding carboxylic acids is 1. The average molecular weight is 329 g/mol. The maximum Gasteiger partial charge on any atom is 0.267 e. The molecule has 0 fully saturated rings. The third-order valence-corrected chi connectivity index (χ3v) is 3.73. The van der Waals surface area contributed by atoms with Crippen molar-refractivity contribution in [1.82, 2.24) is 16.0 Å². The largest absolute Gasteiger partial charge is 0.355 e. The number of allylic oxidation sites excluding steroid dienone is 3. The van der Waals surface area contributed by atoms with Crippen molar-refractivity contribution in [1.29, 1.82) is 0 Å². The lowest BCUT2D eigenvalue weighted by molar-refractivity contribution is -0.117. The van der Waals surface area contributed by atoms with Gasteiger partial charge in [-0.1, -0.05) is 56.3 Å².